The molecule has 0 radical (unpaired) electrons. The molecule has 0 aliphatic carbocycles. The molecule has 0 atom stereocenters. The fourth-order valence-electron chi connectivity index (χ4n) is 1.25. The van der Waals surface area contributed by atoms with Crippen LogP contribution in [0.3, 0.4) is 0 Å². The zero-order chi connectivity index (χ0) is 11.2. The van der Waals surface area contributed by atoms with Crippen LogP contribution in [0.2, 0.25) is 0 Å². The number of fused-ring (bicyclic) bond motifs is 1. The first-order valence-corrected chi connectivity index (χ1v) is 6.18. The number of hydrogen-bond donors (Lipinski definition) is 2. The second-order valence-electron chi connectivity index (χ2n) is 2.81. The van der Waals surface area contributed by atoms with Crippen LogP contribution in [0.15, 0.2) is 29.1 Å². The van der Waals surface area contributed by atoms with Crippen LogP contribution in [-0.4, -0.2) is 9.97 Å². The van der Waals surface area contributed by atoms with Crippen LogP contribution in [0.1, 0.15) is 0 Å². The molecule has 0 unspecified atom stereocenters. The third-order valence-corrected chi connectivity index (χ3v) is 4.47. The highest BCUT2D eigenvalue weighted by atomic mass is 79.9. The Kier molecular flexibility index (Phi) is 2.87. The fourth-order valence-corrected chi connectivity index (χ4v) is 3.00. The van der Waals surface area contributed by atoms with E-state index in [1.54, 1.807) is 6.07 Å². The number of aromatic amines is 2. The molecule has 0 spiro atoms. The molecule has 0 fully saturated rings. The van der Waals surface area contributed by atoms with Gasteiger partial charge in [0.05, 0.1) is 15.4 Å². The summed E-state index contributed by atoms with van der Waals surface area (Å²) in [5, 5.41) is 0.407. The van der Waals surface area contributed by atoms with E-state index in [-0.39, 0.29) is 0 Å². The minimum atomic E-state index is -0.529. The molecule has 1 aromatic heterocycles. The first kappa shape index (κ1) is 11.1. The van der Waals surface area contributed by atoms with Gasteiger partial charge in [-0.15, -0.1) is 0 Å². The Labute approximate surface area is 108 Å². The zero-order valence-electron chi connectivity index (χ0n) is 7.03. The van der Waals surface area contributed by atoms with Crippen molar-refractivity contribution >= 4 is 58.7 Å². The predicted octanol–water partition coefficient (Wildman–Crippen LogP) is 2.50. The fraction of sp³-hybridized carbons (Fsp3) is 0. The van der Waals surface area contributed by atoms with E-state index in [0.29, 0.717) is 19.8 Å². The Bertz CT molecular complexity index is 659. The second-order valence-corrected chi connectivity index (χ2v) is 5.31. The number of nitrogens with one attached hydrogen (secondary N) is 2. The number of rotatable bonds is 0. The van der Waals surface area contributed by atoms with Gasteiger partial charge in [-0.3, -0.25) is 9.78 Å². The SMILES string of the molecule is O=c1[nH]c(=O)c2c(Br)cc(Br)c(Br)c2[nH]1. The van der Waals surface area contributed by atoms with Gasteiger partial charge in [0.2, 0.25) is 0 Å². The molecule has 0 saturated carbocycles. The van der Waals surface area contributed by atoms with Crippen molar-refractivity contribution in [3.8, 4) is 0 Å². The van der Waals surface area contributed by atoms with Gasteiger partial charge in [-0.2, -0.15) is 0 Å². The third kappa shape index (κ3) is 1.83. The van der Waals surface area contributed by atoms with Crippen LogP contribution in [0, 0.1) is 0 Å². The summed E-state index contributed by atoms with van der Waals surface area (Å²) in [7, 11) is 0. The van der Waals surface area contributed by atoms with Gasteiger partial charge >= 0.3 is 5.69 Å². The second kappa shape index (κ2) is 3.88. The molecular formula is C8H3Br3N2O2. The van der Waals surface area contributed by atoms with Gasteiger partial charge in [-0.05, 0) is 53.9 Å². The highest BCUT2D eigenvalue weighted by Crippen LogP contribution is 2.33. The first-order chi connectivity index (χ1) is 7.00. The molecule has 1 aromatic carbocycles. The predicted molar refractivity (Wildman–Crippen MR) is 68.3 cm³/mol. The quantitative estimate of drug-likeness (QED) is 0.670. The van der Waals surface area contributed by atoms with Gasteiger partial charge in [-0.25, -0.2) is 4.79 Å². The maximum Gasteiger partial charge on any atom is 0.326 e. The van der Waals surface area contributed by atoms with Crippen LogP contribution in [0.5, 0.6) is 0 Å². The van der Waals surface area contributed by atoms with E-state index in [1.807, 2.05) is 0 Å². The van der Waals surface area contributed by atoms with Gasteiger partial charge in [0.25, 0.3) is 5.56 Å². The van der Waals surface area contributed by atoms with E-state index < -0.39 is 11.2 Å². The van der Waals surface area contributed by atoms with Gasteiger partial charge in [0.15, 0.2) is 0 Å². The molecule has 2 rings (SSSR count). The minimum Gasteiger partial charge on any atom is -0.306 e. The summed E-state index contributed by atoms with van der Waals surface area (Å²) in [6.45, 7) is 0. The summed E-state index contributed by atoms with van der Waals surface area (Å²) < 4.78 is 2.01. The van der Waals surface area contributed by atoms with Gasteiger partial charge in [0, 0.05) is 8.95 Å². The molecule has 78 valence electrons. The highest BCUT2D eigenvalue weighted by molar-refractivity contribution is 9.13. The lowest BCUT2D eigenvalue weighted by atomic mass is 10.2. The van der Waals surface area contributed by atoms with E-state index in [1.165, 1.54) is 0 Å². The van der Waals surface area contributed by atoms with Crippen molar-refractivity contribution in [2.75, 3.05) is 0 Å². The Morgan fingerprint density at radius 3 is 2.33 bits per heavy atom. The van der Waals surface area contributed by atoms with Crippen molar-refractivity contribution in [3.63, 3.8) is 0 Å². The van der Waals surface area contributed by atoms with E-state index in [0.717, 1.165) is 4.47 Å². The Balaban J connectivity index is 3.17. The smallest absolute Gasteiger partial charge is 0.306 e. The van der Waals surface area contributed by atoms with E-state index in [2.05, 4.69) is 57.8 Å². The molecule has 1 heterocycles. The summed E-state index contributed by atoms with van der Waals surface area (Å²) in [4.78, 5) is 27.4. The topological polar surface area (TPSA) is 65.7 Å². The lowest BCUT2D eigenvalue weighted by molar-refractivity contribution is 1.08. The molecule has 2 N–H and O–H groups in total. The summed E-state index contributed by atoms with van der Waals surface area (Å²) in [6.07, 6.45) is 0. The zero-order valence-corrected chi connectivity index (χ0v) is 11.8. The van der Waals surface area contributed by atoms with Crippen molar-refractivity contribution in [2.24, 2.45) is 0 Å². The van der Waals surface area contributed by atoms with Crippen LogP contribution < -0.4 is 11.2 Å². The minimum absolute atomic E-state index is 0.407. The van der Waals surface area contributed by atoms with E-state index >= 15 is 0 Å². The lowest BCUT2D eigenvalue weighted by Gasteiger charge is -2.03. The third-order valence-electron chi connectivity index (χ3n) is 1.86. The van der Waals surface area contributed by atoms with Gasteiger partial charge < -0.3 is 4.98 Å². The molecule has 0 bridgehead atoms. The summed E-state index contributed by atoms with van der Waals surface area (Å²) in [6, 6.07) is 1.74. The molecule has 0 saturated heterocycles. The molecule has 0 amide bonds. The first-order valence-electron chi connectivity index (χ1n) is 3.80. The molecule has 15 heavy (non-hydrogen) atoms. The maximum absolute atomic E-state index is 11.5. The van der Waals surface area contributed by atoms with Crippen molar-refractivity contribution in [3.05, 3.63) is 40.3 Å². The van der Waals surface area contributed by atoms with Gasteiger partial charge in [-0.1, -0.05) is 0 Å². The van der Waals surface area contributed by atoms with Crippen molar-refractivity contribution in [2.45, 2.75) is 0 Å². The molecule has 0 aliphatic heterocycles. The molecular weight excluding hydrogens is 396 g/mol. The Morgan fingerprint density at radius 1 is 1.00 bits per heavy atom. The molecule has 0 aliphatic rings. The Morgan fingerprint density at radius 2 is 1.67 bits per heavy atom. The summed E-state index contributed by atoms with van der Waals surface area (Å²) >= 11 is 9.86. The number of halogens is 3. The largest absolute Gasteiger partial charge is 0.326 e. The standard InChI is InChI=1S/C8H3Br3N2O2/c9-2-1-3(10)5(11)6-4(2)7(14)13-8(15)12-6/h1H,(H2,12,13,14,15). The highest BCUT2D eigenvalue weighted by Gasteiger charge is 2.11. The maximum atomic E-state index is 11.5. The van der Waals surface area contributed by atoms with Crippen molar-refractivity contribution in [1.82, 2.24) is 9.97 Å². The van der Waals surface area contributed by atoms with Crippen LogP contribution >= 0.6 is 47.8 Å². The number of benzene rings is 1. The normalized spacial score (nSPS) is 10.9. The molecule has 7 heteroatoms. The average molecular weight is 399 g/mol. The van der Waals surface area contributed by atoms with E-state index in [4.69, 9.17) is 0 Å². The number of hydrogen-bond acceptors (Lipinski definition) is 2. The van der Waals surface area contributed by atoms with Crippen LogP contribution in [0.4, 0.5) is 0 Å². The summed E-state index contributed by atoms with van der Waals surface area (Å²) in [5.74, 6) is 0. The number of aromatic nitrogens is 2. The van der Waals surface area contributed by atoms with Crippen molar-refractivity contribution in [1.29, 1.82) is 0 Å². The van der Waals surface area contributed by atoms with Gasteiger partial charge in [0.1, 0.15) is 0 Å². The van der Waals surface area contributed by atoms with Crippen LogP contribution in [-0.2, 0) is 0 Å². The van der Waals surface area contributed by atoms with E-state index in [9.17, 15) is 9.59 Å². The average Bonchev–Trinajstić information content (AvgIpc) is 2.12. The van der Waals surface area contributed by atoms with Crippen molar-refractivity contribution < 1.29 is 0 Å². The lowest BCUT2D eigenvalue weighted by Crippen LogP contribution is -2.22. The molecule has 4 nitrogen and oxygen atoms in total. The summed E-state index contributed by atoms with van der Waals surface area (Å²) in [5.41, 5.74) is -0.489. The Hall–Kier alpha value is -0.400. The van der Waals surface area contributed by atoms with Crippen LogP contribution in [0.25, 0.3) is 10.9 Å². The number of H-pyrrole nitrogens is 2. The monoisotopic (exact) mass is 396 g/mol. The molecule has 2 aromatic rings.